The third-order valence-electron chi connectivity index (χ3n) is 4.84. The Balaban J connectivity index is 2.29. The molecule has 1 N–H and O–H groups in total. The van der Waals surface area contributed by atoms with E-state index in [1.54, 1.807) is 0 Å². The summed E-state index contributed by atoms with van der Waals surface area (Å²) < 4.78 is 0. The lowest BCUT2D eigenvalue weighted by Gasteiger charge is -2.32. The van der Waals surface area contributed by atoms with E-state index in [-0.39, 0.29) is 5.78 Å². The van der Waals surface area contributed by atoms with E-state index in [0.717, 1.165) is 22.3 Å². The van der Waals surface area contributed by atoms with Crippen LogP contribution in [0.1, 0.15) is 37.8 Å². The zero-order chi connectivity index (χ0) is 16.4. The molecule has 0 radical (unpaired) electrons. The molecule has 0 heterocycles. The third-order valence-corrected chi connectivity index (χ3v) is 4.84. The van der Waals surface area contributed by atoms with Gasteiger partial charge in [-0.3, -0.25) is 4.79 Å². The SMILES string of the molecule is CCC1=C(c2ccccc2)[C@](O)(c2ccccc2)[C@H](CC)C1=O. The van der Waals surface area contributed by atoms with E-state index in [9.17, 15) is 9.90 Å². The van der Waals surface area contributed by atoms with Gasteiger partial charge in [-0.05, 0) is 24.0 Å². The molecule has 0 aromatic heterocycles. The first-order chi connectivity index (χ1) is 11.1. The van der Waals surface area contributed by atoms with Crippen molar-refractivity contribution in [2.75, 3.05) is 0 Å². The Hall–Kier alpha value is -2.19. The molecule has 118 valence electrons. The fourth-order valence-electron chi connectivity index (χ4n) is 3.80. The number of allylic oxidation sites excluding steroid dienone is 1. The number of aliphatic hydroxyl groups is 1. The van der Waals surface area contributed by atoms with Crippen LogP contribution in [-0.2, 0) is 10.4 Å². The number of hydrogen-bond acceptors (Lipinski definition) is 2. The minimum absolute atomic E-state index is 0.0835. The first kappa shape index (κ1) is 15.7. The number of ketones is 1. The van der Waals surface area contributed by atoms with Gasteiger partial charge in [0.15, 0.2) is 5.78 Å². The Morgan fingerprint density at radius 1 is 0.957 bits per heavy atom. The topological polar surface area (TPSA) is 37.3 Å². The highest BCUT2D eigenvalue weighted by atomic mass is 16.3. The van der Waals surface area contributed by atoms with Crippen molar-refractivity contribution in [1.29, 1.82) is 0 Å². The molecular formula is C21H22O2. The number of carbonyl (C=O) groups is 1. The molecule has 2 aromatic rings. The third kappa shape index (κ3) is 2.34. The summed E-state index contributed by atoms with van der Waals surface area (Å²) in [5, 5.41) is 11.7. The van der Waals surface area contributed by atoms with Crippen LogP contribution in [0, 0.1) is 5.92 Å². The van der Waals surface area contributed by atoms with Crippen LogP contribution in [0.5, 0.6) is 0 Å². The molecule has 2 aromatic carbocycles. The van der Waals surface area contributed by atoms with Gasteiger partial charge in [0.2, 0.25) is 0 Å². The van der Waals surface area contributed by atoms with Crippen LogP contribution < -0.4 is 0 Å². The van der Waals surface area contributed by atoms with Crippen LogP contribution in [0.4, 0.5) is 0 Å². The lowest BCUT2D eigenvalue weighted by Crippen LogP contribution is -2.35. The minimum atomic E-state index is -1.25. The van der Waals surface area contributed by atoms with Crippen LogP contribution in [-0.4, -0.2) is 10.9 Å². The molecule has 0 saturated carbocycles. The van der Waals surface area contributed by atoms with Crippen molar-refractivity contribution in [2.24, 2.45) is 5.92 Å². The fraction of sp³-hybridized carbons (Fsp3) is 0.286. The molecule has 2 atom stereocenters. The molecule has 0 bridgehead atoms. The highest BCUT2D eigenvalue weighted by molar-refractivity contribution is 6.11. The van der Waals surface area contributed by atoms with Crippen molar-refractivity contribution in [1.82, 2.24) is 0 Å². The predicted molar refractivity (Wildman–Crippen MR) is 92.8 cm³/mol. The van der Waals surface area contributed by atoms with Gasteiger partial charge >= 0.3 is 0 Å². The summed E-state index contributed by atoms with van der Waals surface area (Å²) in [6, 6.07) is 19.4. The van der Waals surface area contributed by atoms with Gasteiger partial charge in [0.1, 0.15) is 5.60 Å². The lowest BCUT2D eigenvalue weighted by atomic mass is 9.76. The van der Waals surface area contributed by atoms with E-state index >= 15 is 0 Å². The van der Waals surface area contributed by atoms with Gasteiger partial charge in [-0.2, -0.15) is 0 Å². The standard InChI is InChI=1S/C21H22O2/c1-3-17-19(15-11-7-5-8-12-15)21(23,18(4-2)20(17)22)16-13-9-6-10-14-16/h5-14,18,23H,3-4H2,1-2H3/t18-,21+/m1/s1. The van der Waals surface area contributed by atoms with Gasteiger partial charge in [-0.1, -0.05) is 74.5 Å². The molecule has 0 fully saturated rings. The molecule has 23 heavy (non-hydrogen) atoms. The normalized spacial score (nSPS) is 24.3. The molecule has 0 amide bonds. The first-order valence-corrected chi connectivity index (χ1v) is 8.25. The summed E-state index contributed by atoms with van der Waals surface area (Å²) in [5.41, 5.74) is 2.01. The van der Waals surface area contributed by atoms with Crippen molar-refractivity contribution in [3.8, 4) is 0 Å². The van der Waals surface area contributed by atoms with Gasteiger partial charge in [-0.25, -0.2) is 0 Å². The Labute approximate surface area is 137 Å². The largest absolute Gasteiger partial charge is 0.380 e. The van der Waals surface area contributed by atoms with Crippen molar-refractivity contribution in [2.45, 2.75) is 32.3 Å². The lowest BCUT2D eigenvalue weighted by molar-refractivity contribution is -0.123. The number of carbonyl (C=O) groups excluding carboxylic acids is 1. The van der Waals surface area contributed by atoms with E-state index in [0.29, 0.717) is 12.8 Å². The molecule has 3 rings (SSSR count). The molecular weight excluding hydrogens is 284 g/mol. The Kier molecular flexibility index (Phi) is 4.18. The van der Waals surface area contributed by atoms with Gasteiger partial charge in [0, 0.05) is 11.1 Å². The molecule has 0 spiro atoms. The van der Waals surface area contributed by atoms with Crippen molar-refractivity contribution in [3.05, 3.63) is 77.4 Å². The maximum atomic E-state index is 12.9. The van der Waals surface area contributed by atoms with E-state index in [1.165, 1.54) is 0 Å². The molecule has 2 heteroatoms. The van der Waals surface area contributed by atoms with Crippen LogP contribution in [0.3, 0.4) is 0 Å². The predicted octanol–water partition coefficient (Wildman–Crippen LogP) is 4.35. The Morgan fingerprint density at radius 2 is 1.52 bits per heavy atom. The van der Waals surface area contributed by atoms with Crippen LogP contribution in [0.2, 0.25) is 0 Å². The van der Waals surface area contributed by atoms with E-state index in [2.05, 4.69) is 0 Å². The zero-order valence-corrected chi connectivity index (χ0v) is 13.6. The highest BCUT2D eigenvalue weighted by Crippen LogP contribution is 2.52. The molecule has 2 nitrogen and oxygen atoms in total. The second kappa shape index (κ2) is 6.13. The van der Waals surface area contributed by atoms with Gasteiger partial charge < -0.3 is 5.11 Å². The fourth-order valence-corrected chi connectivity index (χ4v) is 3.80. The summed E-state index contributed by atoms with van der Waals surface area (Å²) in [6.07, 6.45) is 1.25. The summed E-state index contributed by atoms with van der Waals surface area (Å²) in [7, 11) is 0. The van der Waals surface area contributed by atoms with Crippen molar-refractivity contribution < 1.29 is 9.90 Å². The number of rotatable bonds is 4. The average Bonchev–Trinajstić information content (AvgIpc) is 2.83. The first-order valence-electron chi connectivity index (χ1n) is 8.25. The van der Waals surface area contributed by atoms with Crippen LogP contribution >= 0.6 is 0 Å². The smallest absolute Gasteiger partial charge is 0.165 e. The number of Topliss-reactive ketones (excluding diaryl/α,β-unsaturated/α-hetero) is 1. The summed E-state index contributed by atoms with van der Waals surface area (Å²) in [6.45, 7) is 3.96. The van der Waals surface area contributed by atoms with E-state index in [1.807, 2.05) is 74.5 Å². The monoisotopic (exact) mass is 306 g/mol. The van der Waals surface area contributed by atoms with Crippen LogP contribution in [0.15, 0.2) is 66.2 Å². The molecule has 0 aliphatic heterocycles. The zero-order valence-electron chi connectivity index (χ0n) is 13.6. The van der Waals surface area contributed by atoms with Crippen LogP contribution in [0.25, 0.3) is 5.57 Å². The minimum Gasteiger partial charge on any atom is -0.380 e. The van der Waals surface area contributed by atoms with Crippen molar-refractivity contribution >= 4 is 11.4 Å². The average molecular weight is 306 g/mol. The number of hydrogen-bond donors (Lipinski definition) is 1. The molecule has 0 saturated heterocycles. The van der Waals surface area contributed by atoms with E-state index < -0.39 is 11.5 Å². The summed E-state index contributed by atoms with van der Waals surface area (Å²) >= 11 is 0. The summed E-state index contributed by atoms with van der Waals surface area (Å²) in [4.78, 5) is 12.9. The van der Waals surface area contributed by atoms with E-state index in [4.69, 9.17) is 0 Å². The Morgan fingerprint density at radius 3 is 2.04 bits per heavy atom. The summed E-state index contributed by atoms with van der Waals surface area (Å²) in [5.74, 6) is -0.338. The van der Waals surface area contributed by atoms with Gasteiger partial charge in [-0.15, -0.1) is 0 Å². The quantitative estimate of drug-likeness (QED) is 0.912. The Bertz CT molecular complexity index is 731. The second-order valence-corrected chi connectivity index (χ2v) is 6.03. The maximum Gasteiger partial charge on any atom is 0.165 e. The number of benzene rings is 2. The highest BCUT2D eigenvalue weighted by Gasteiger charge is 2.52. The maximum absolute atomic E-state index is 12.9. The molecule has 1 aliphatic carbocycles. The van der Waals surface area contributed by atoms with Gasteiger partial charge in [0.25, 0.3) is 0 Å². The second-order valence-electron chi connectivity index (χ2n) is 6.03. The van der Waals surface area contributed by atoms with Gasteiger partial charge in [0.05, 0.1) is 5.92 Å². The van der Waals surface area contributed by atoms with Crippen molar-refractivity contribution in [3.63, 3.8) is 0 Å². The molecule has 0 unspecified atom stereocenters. The molecule has 1 aliphatic rings.